The molecule has 0 spiro atoms. The molecule has 0 atom stereocenters. The molecule has 24 heavy (non-hydrogen) atoms. The largest absolute Gasteiger partial charge is 0.307 e. The number of nitrogens with zero attached hydrogens (tertiary/aromatic N) is 1. The Bertz CT molecular complexity index is 739. The Morgan fingerprint density at radius 2 is 1.67 bits per heavy atom. The van der Waals surface area contributed by atoms with Crippen molar-refractivity contribution in [1.82, 2.24) is 0 Å². The minimum absolute atomic E-state index is 0.00597. The Morgan fingerprint density at radius 1 is 1.00 bits per heavy atom. The van der Waals surface area contributed by atoms with Gasteiger partial charge in [-0.2, -0.15) is 0 Å². The molecule has 0 saturated carbocycles. The van der Waals surface area contributed by atoms with Gasteiger partial charge >= 0.3 is 0 Å². The quantitative estimate of drug-likeness (QED) is 0.744. The fourth-order valence-corrected chi connectivity index (χ4v) is 3.61. The third-order valence-corrected chi connectivity index (χ3v) is 4.92. The van der Waals surface area contributed by atoms with Crippen molar-refractivity contribution in [1.29, 1.82) is 0 Å². The standard InChI is InChI=1S/C22H27NO/c1-21(2,3)17-12-9-13-18-20(17)23(19(24)14-22(18,4)5)15-16-10-7-6-8-11-16/h6-13H,14-15H2,1-5H3. The molecule has 0 bridgehead atoms. The molecule has 126 valence electrons. The first-order valence-corrected chi connectivity index (χ1v) is 8.68. The summed E-state index contributed by atoms with van der Waals surface area (Å²) in [6, 6.07) is 16.8. The van der Waals surface area contributed by atoms with Crippen LogP contribution in [0.3, 0.4) is 0 Å². The van der Waals surface area contributed by atoms with Crippen molar-refractivity contribution in [3.05, 3.63) is 65.2 Å². The van der Waals surface area contributed by atoms with Crippen molar-refractivity contribution in [3.8, 4) is 0 Å². The van der Waals surface area contributed by atoms with Gasteiger partial charge < -0.3 is 4.90 Å². The van der Waals surface area contributed by atoms with Crippen LogP contribution in [0.1, 0.15) is 57.7 Å². The second-order valence-electron chi connectivity index (χ2n) is 8.48. The van der Waals surface area contributed by atoms with Gasteiger partial charge in [0.15, 0.2) is 0 Å². The molecule has 0 saturated heterocycles. The van der Waals surface area contributed by atoms with E-state index in [4.69, 9.17) is 0 Å². The van der Waals surface area contributed by atoms with Crippen molar-refractivity contribution >= 4 is 11.6 Å². The van der Waals surface area contributed by atoms with Crippen LogP contribution < -0.4 is 4.90 Å². The molecule has 1 aliphatic heterocycles. The summed E-state index contributed by atoms with van der Waals surface area (Å²) in [6.07, 6.45) is 0.556. The molecule has 2 aromatic carbocycles. The Hall–Kier alpha value is -2.09. The molecule has 0 radical (unpaired) electrons. The molecule has 1 heterocycles. The monoisotopic (exact) mass is 321 g/mol. The molecule has 1 aliphatic rings. The SMILES string of the molecule is CC(C)(C)c1cccc2c1N(Cc1ccccc1)C(=O)CC2(C)C. The van der Waals surface area contributed by atoms with Crippen LogP contribution in [0, 0.1) is 0 Å². The molecule has 0 aromatic heterocycles. The van der Waals surface area contributed by atoms with E-state index in [9.17, 15) is 4.79 Å². The van der Waals surface area contributed by atoms with Crippen molar-refractivity contribution in [2.24, 2.45) is 0 Å². The molecule has 2 heteroatoms. The van der Waals surface area contributed by atoms with Gasteiger partial charge in [0.1, 0.15) is 0 Å². The van der Waals surface area contributed by atoms with Gasteiger partial charge in [-0.15, -0.1) is 0 Å². The van der Waals surface area contributed by atoms with Gasteiger partial charge in [-0.1, -0.05) is 83.1 Å². The Labute approximate surface area is 145 Å². The van der Waals surface area contributed by atoms with Crippen LogP contribution in [0.2, 0.25) is 0 Å². The number of para-hydroxylation sites is 1. The van der Waals surface area contributed by atoms with Gasteiger partial charge in [0, 0.05) is 11.8 Å². The average molecular weight is 321 g/mol. The first-order valence-electron chi connectivity index (χ1n) is 8.68. The average Bonchev–Trinajstić information content (AvgIpc) is 2.50. The summed E-state index contributed by atoms with van der Waals surface area (Å²) in [6.45, 7) is 11.6. The number of anilines is 1. The molecule has 0 fully saturated rings. The highest BCUT2D eigenvalue weighted by Gasteiger charge is 2.39. The fraction of sp³-hybridized carbons (Fsp3) is 0.409. The van der Waals surface area contributed by atoms with Crippen molar-refractivity contribution < 1.29 is 4.79 Å². The summed E-state index contributed by atoms with van der Waals surface area (Å²) >= 11 is 0. The van der Waals surface area contributed by atoms with Crippen LogP contribution in [0.5, 0.6) is 0 Å². The van der Waals surface area contributed by atoms with E-state index in [1.807, 2.05) is 23.1 Å². The summed E-state index contributed by atoms with van der Waals surface area (Å²) in [5, 5.41) is 0. The highest BCUT2D eigenvalue weighted by atomic mass is 16.2. The van der Waals surface area contributed by atoms with E-state index in [0.717, 1.165) is 5.69 Å². The lowest BCUT2D eigenvalue weighted by Gasteiger charge is -2.42. The third kappa shape index (κ3) is 2.98. The minimum Gasteiger partial charge on any atom is -0.307 e. The number of benzene rings is 2. The van der Waals surface area contributed by atoms with Crippen molar-refractivity contribution in [3.63, 3.8) is 0 Å². The van der Waals surface area contributed by atoms with Crippen molar-refractivity contribution in [2.45, 2.75) is 58.4 Å². The molecule has 2 nitrogen and oxygen atoms in total. The van der Waals surface area contributed by atoms with E-state index in [1.165, 1.54) is 16.7 Å². The molecule has 1 amide bonds. The van der Waals surface area contributed by atoms with E-state index in [-0.39, 0.29) is 16.7 Å². The van der Waals surface area contributed by atoms with E-state index in [0.29, 0.717) is 13.0 Å². The molecule has 0 aliphatic carbocycles. The second kappa shape index (κ2) is 5.77. The highest BCUT2D eigenvalue weighted by Crippen LogP contribution is 2.45. The Morgan fingerprint density at radius 3 is 2.29 bits per heavy atom. The van der Waals surface area contributed by atoms with Gasteiger partial charge in [-0.05, 0) is 22.1 Å². The Kier molecular flexibility index (Phi) is 4.03. The normalized spacial score (nSPS) is 16.9. The van der Waals surface area contributed by atoms with Gasteiger partial charge in [-0.3, -0.25) is 4.79 Å². The number of fused-ring (bicyclic) bond motifs is 1. The van der Waals surface area contributed by atoms with E-state index in [2.05, 4.69) is 65.0 Å². The van der Waals surface area contributed by atoms with Crippen LogP contribution in [0.15, 0.2) is 48.5 Å². The molecule has 2 aromatic rings. The number of hydrogen-bond donors (Lipinski definition) is 0. The number of amides is 1. The first kappa shape index (κ1) is 16.8. The Balaban J connectivity index is 2.17. The summed E-state index contributed by atoms with van der Waals surface area (Å²) in [5.74, 6) is 0.216. The number of rotatable bonds is 2. The lowest BCUT2D eigenvalue weighted by molar-refractivity contribution is -0.120. The highest BCUT2D eigenvalue weighted by molar-refractivity contribution is 5.99. The van der Waals surface area contributed by atoms with Gasteiger partial charge in [0.2, 0.25) is 5.91 Å². The molecular weight excluding hydrogens is 294 g/mol. The minimum atomic E-state index is -0.124. The lowest BCUT2D eigenvalue weighted by atomic mass is 9.73. The maximum Gasteiger partial charge on any atom is 0.228 e. The lowest BCUT2D eigenvalue weighted by Crippen LogP contribution is -2.43. The van der Waals surface area contributed by atoms with Crippen LogP contribution in [-0.2, 0) is 22.2 Å². The zero-order chi connectivity index (χ0) is 17.5. The maximum atomic E-state index is 13.0. The smallest absolute Gasteiger partial charge is 0.228 e. The first-order chi connectivity index (χ1) is 11.2. The van der Waals surface area contributed by atoms with Crippen LogP contribution in [-0.4, -0.2) is 5.91 Å². The number of carbonyl (C=O) groups excluding carboxylic acids is 1. The number of hydrogen-bond acceptors (Lipinski definition) is 1. The van der Waals surface area contributed by atoms with E-state index < -0.39 is 0 Å². The molecule has 0 unspecified atom stereocenters. The zero-order valence-corrected chi connectivity index (χ0v) is 15.4. The predicted octanol–water partition coefficient (Wildman–Crippen LogP) is 5.20. The van der Waals surface area contributed by atoms with Crippen LogP contribution >= 0.6 is 0 Å². The van der Waals surface area contributed by atoms with Gasteiger partial charge in [0.05, 0.1) is 12.2 Å². The summed E-state index contributed by atoms with van der Waals surface area (Å²) in [4.78, 5) is 15.0. The van der Waals surface area contributed by atoms with Crippen molar-refractivity contribution in [2.75, 3.05) is 4.90 Å². The zero-order valence-electron chi connectivity index (χ0n) is 15.4. The number of carbonyl (C=O) groups is 1. The summed E-state index contributed by atoms with van der Waals surface area (Å²) in [5.41, 5.74) is 4.69. The van der Waals surface area contributed by atoms with Gasteiger partial charge in [-0.25, -0.2) is 0 Å². The fourth-order valence-electron chi connectivity index (χ4n) is 3.61. The topological polar surface area (TPSA) is 20.3 Å². The van der Waals surface area contributed by atoms with Gasteiger partial charge in [0.25, 0.3) is 0 Å². The maximum absolute atomic E-state index is 13.0. The molecule has 3 rings (SSSR count). The third-order valence-electron chi connectivity index (χ3n) is 4.92. The second-order valence-corrected chi connectivity index (χ2v) is 8.48. The van der Waals surface area contributed by atoms with E-state index >= 15 is 0 Å². The summed E-state index contributed by atoms with van der Waals surface area (Å²) < 4.78 is 0. The molecule has 0 N–H and O–H groups in total. The predicted molar refractivity (Wildman–Crippen MR) is 100 cm³/mol. The van der Waals surface area contributed by atoms with Crippen LogP contribution in [0.25, 0.3) is 0 Å². The van der Waals surface area contributed by atoms with E-state index in [1.54, 1.807) is 0 Å². The van der Waals surface area contributed by atoms with Crippen LogP contribution in [0.4, 0.5) is 5.69 Å². The molecular formula is C22H27NO. The summed E-state index contributed by atoms with van der Waals surface area (Å²) in [7, 11) is 0.